The lowest BCUT2D eigenvalue weighted by Crippen LogP contribution is -2.48. The van der Waals surface area contributed by atoms with E-state index in [1.54, 1.807) is 0 Å². The van der Waals surface area contributed by atoms with Gasteiger partial charge in [0.1, 0.15) is 0 Å². The fourth-order valence-corrected chi connectivity index (χ4v) is 10.1. The van der Waals surface area contributed by atoms with Crippen LogP contribution in [0, 0.1) is 27.7 Å². The zero-order valence-electron chi connectivity index (χ0n) is 41.5. The highest BCUT2D eigenvalue weighted by Gasteiger charge is 2.33. The average molecular weight is 998 g/mol. The van der Waals surface area contributed by atoms with E-state index in [2.05, 4.69) is 212 Å². The highest BCUT2D eigenvalue weighted by molar-refractivity contribution is 6.30. The second kappa shape index (κ2) is 24.2. The Labute approximate surface area is 433 Å². The van der Waals surface area contributed by atoms with Crippen molar-refractivity contribution >= 4 is 35.4 Å². The fourth-order valence-electron chi connectivity index (χ4n) is 9.88. The molecule has 0 unspecified atom stereocenters. The number of nitrogens with zero attached hydrogens (tertiary/aromatic N) is 12. The number of rotatable bonds is 14. The largest absolute Gasteiger partial charge is 0.297 e. The first-order valence-electron chi connectivity index (χ1n) is 24.8. The number of aryl methyl sites for hydroxylation is 4. The molecular weight excluding hydrogens is 936 g/mol. The molecule has 0 aliphatic carbocycles. The van der Waals surface area contributed by atoms with Crippen molar-refractivity contribution in [2.75, 3.05) is 65.4 Å². The van der Waals surface area contributed by atoms with Crippen LogP contribution in [-0.4, -0.2) is 125 Å². The molecule has 2 fully saturated rings. The number of hydrogen-bond acceptors (Lipinski definition) is 10. The number of tetrazole rings is 2. The minimum Gasteiger partial charge on any atom is -0.297 e. The normalized spacial score (nSPS) is 16.0. The lowest BCUT2D eigenvalue weighted by Gasteiger charge is -2.38. The van der Waals surface area contributed by atoms with Gasteiger partial charge in [0.2, 0.25) is 0 Å². The van der Waals surface area contributed by atoms with E-state index in [1.165, 1.54) is 11.1 Å². The molecule has 14 heteroatoms. The van der Waals surface area contributed by atoms with Gasteiger partial charge >= 0.3 is 0 Å². The number of benzene rings is 6. The first-order valence-corrected chi connectivity index (χ1v) is 25.5. The highest BCUT2D eigenvalue weighted by atomic mass is 35.5. The van der Waals surface area contributed by atoms with E-state index in [0.29, 0.717) is 0 Å². The molecule has 0 bridgehead atoms. The van der Waals surface area contributed by atoms with Crippen molar-refractivity contribution in [3.8, 4) is 11.4 Å². The van der Waals surface area contributed by atoms with Crippen LogP contribution >= 0.6 is 23.2 Å². The first kappa shape index (κ1) is 50.3. The standard InChI is InChI=1S/2C29H31ClN6/c2*1-22-8-6-9-23(2)27(22)36-29(31-32-33-36)28(25-13-15-26(30)16-14-25)35-20-18-34(19-21-35)17-7-12-24-10-4-3-5-11-24/h2*3-16,28H,17-21H2,1-2H3/b2*12-7+/t2*28-/m10/s1. The Hall–Kier alpha value is -6.64. The van der Waals surface area contributed by atoms with Gasteiger partial charge in [-0.25, -0.2) is 0 Å². The molecule has 6 aromatic carbocycles. The number of hydrogen-bond donors (Lipinski definition) is 0. The Balaban J connectivity index is 0.000000178. The monoisotopic (exact) mass is 996 g/mol. The van der Waals surface area contributed by atoms with Gasteiger partial charge in [-0.15, -0.1) is 10.2 Å². The van der Waals surface area contributed by atoms with Crippen LogP contribution in [0.1, 0.15) is 68.2 Å². The fraction of sp³-hybridized carbons (Fsp3) is 0.276. The van der Waals surface area contributed by atoms with Gasteiger partial charge in [0.25, 0.3) is 0 Å². The summed E-state index contributed by atoms with van der Waals surface area (Å²) in [7, 11) is 0. The Kier molecular flexibility index (Phi) is 16.9. The molecule has 2 aromatic heterocycles. The summed E-state index contributed by atoms with van der Waals surface area (Å²) >= 11 is 12.5. The molecule has 0 saturated carbocycles. The van der Waals surface area contributed by atoms with E-state index >= 15 is 0 Å². The third kappa shape index (κ3) is 12.3. The topological polar surface area (TPSA) is 100 Å². The van der Waals surface area contributed by atoms with Gasteiger partial charge in [-0.05, 0) is 117 Å². The lowest BCUT2D eigenvalue weighted by atomic mass is 10.0. The molecule has 2 aliphatic heterocycles. The summed E-state index contributed by atoms with van der Waals surface area (Å²) < 4.78 is 3.83. The summed E-state index contributed by atoms with van der Waals surface area (Å²) in [5.74, 6) is 1.65. The summed E-state index contributed by atoms with van der Waals surface area (Å²) in [6, 6.07) is 49.5. The van der Waals surface area contributed by atoms with Crippen LogP contribution in [0.4, 0.5) is 0 Å². The second-order valence-electron chi connectivity index (χ2n) is 18.6. The predicted octanol–water partition coefficient (Wildman–Crippen LogP) is 10.7. The van der Waals surface area contributed by atoms with Crippen molar-refractivity contribution in [3.63, 3.8) is 0 Å². The maximum Gasteiger partial charge on any atom is 0.178 e. The SMILES string of the molecule is Cc1cccc(C)c1-n1nnnc1[C@@H](c1ccc(Cl)cc1)N1CCN(C/C=C/c2ccccc2)CC1.Cc1cccc(C)c1-n1nnnc1[C@H](c1ccc(Cl)cc1)N1CCN(C/C=C/c2ccccc2)CC1. The van der Waals surface area contributed by atoms with E-state index in [-0.39, 0.29) is 12.1 Å². The zero-order chi connectivity index (χ0) is 49.8. The molecule has 72 heavy (non-hydrogen) atoms. The molecule has 4 heterocycles. The Bertz CT molecular complexity index is 2780. The van der Waals surface area contributed by atoms with Crippen LogP contribution < -0.4 is 0 Å². The number of aromatic nitrogens is 8. The van der Waals surface area contributed by atoms with E-state index in [1.807, 2.05) is 45.8 Å². The minimum absolute atomic E-state index is 0.0710. The molecular formula is C58H62Cl2N12. The van der Waals surface area contributed by atoms with Crippen molar-refractivity contribution in [3.05, 3.63) is 224 Å². The number of piperazine rings is 2. The van der Waals surface area contributed by atoms with Crippen LogP contribution in [-0.2, 0) is 0 Å². The first-order chi connectivity index (χ1) is 35.2. The van der Waals surface area contributed by atoms with Crippen molar-refractivity contribution in [2.24, 2.45) is 0 Å². The average Bonchev–Trinajstić information content (AvgIpc) is 4.07. The Morgan fingerprint density at radius 2 is 0.778 bits per heavy atom. The lowest BCUT2D eigenvalue weighted by molar-refractivity contribution is 0.113. The Morgan fingerprint density at radius 3 is 1.12 bits per heavy atom. The summed E-state index contributed by atoms with van der Waals surface area (Å²) in [6.45, 7) is 17.9. The van der Waals surface area contributed by atoms with E-state index in [0.717, 1.165) is 132 Å². The molecule has 0 radical (unpaired) electrons. The second-order valence-corrected chi connectivity index (χ2v) is 19.5. The van der Waals surface area contributed by atoms with E-state index < -0.39 is 0 Å². The van der Waals surface area contributed by atoms with Gasteiger partial charge in [0.05, 0.1) is 23.5 Å². The minimum atomic E-state index is -0.0710. The van der Waals surface area contributed by atoms with E-state index in [4.69, 9.17) is 23.2 Å². The van der Waals surface area contributed by atoms with Crippen LogP contribution in [0.15, 0.2) is 158 Å². The van der Waals surface area contributed by atoms with Gasteiger partial charge in [0.15, 0.2) is 11.6 Å². The third-order valence-electron chi connectivity index (χ3n) is 13.6. The predicted molar refractivity (Wildman–Crippen MR) is 291 cm³/mol. The van der Waals surface area contributed by atoms with Crippen LogP contribution in [0.25, 0.3) is 23.5 Å². The van der Waals surface area contributed by atoms with Crippen LogP contribution in [0.2, 0.25) is 10.0 Å². The van der Waals surface area contributed by atoms with Crippen LogP contribution in [0.5, 0.6) is 0 Å². The molecule has 0 N–H and O–H groups in total. The summed E-state index contributed by atoms with van der Waals surface area (Å²) in [6.07, 6.45) is 8.90. The van der Waals surface area contributed by atoms with Crippen molar-refractivity contribution in [1.29, 1.82) is 0 Å². The maximum absolute atomic E-state index is 6.24. The molecule has 2 atom stereocenters. The van der Waals surface area contributed by atoms with Gasteiger partial charge < -0.3 is 0 Å². The summed E-state index contributed by atoms with van der Waals surface area (Å²) in [5.41, 5.74) is 11.4. The molecule has 2 aliphatic rings. The summed E-state index contributed by atoms with van der Waals surface area (Å²) in [4.78, 5) is 9.94. The molecule has 0 spiro atoms. The summed E-state index contributed by atoms with van der Waals surface area (Å²) in [5, 5.41) is 27.7. The third-order valence-corrected chi connectivity index (χ3v) is 14.1. The zero-order valence-corrected chi connectivity index (χ0v) is 43.0. The van der Waals surface area contributed by atoms with E-state index in [9.17, 15) is 0 Å². The van der Waals surface area contributed by atoms with Gasteiger partial charge in [-0.2, -0.15) is 9.36 Å². The number of halogens is 2. The van der Waals surface area contributed by atoms with Gasteiger partial charge in [-0.1, -0.05) is 169 Å². The quantitative estimate of drug-likeness (QED) is 0.105. The molecule has 10 rings (SSSR count). The molecule has 0 amide bonds. The van der Waals surface area contributed by atoms with Crippen molar-refractivity contribution in [1.82, 2.24) is 60.0 Å². The van der Waals surface area contributed by atoms with Crippen molar-refractivity contribution < 1.29 is 0 Å². The van der Waals surface area contributed by atoms with Crippen LogP contribution in [0.3, 0.4) is 0 Å². The highest BCUT2D eigenvalue weighted by Crippen LogP contribution is 2.33. The van der Waals surface area contributed by atoms with Crippen molar-refractivity contribution in [2.45, 2.75) is 39.8 Å². The number of para-hydroxylation sites is 2. The molecule has 2 saturated heterocycles. The molecule has 12 nitrogen and oxygen atoms in total. The maximum atomic E-state index is 6.24. The van der Waals surface area contributed by atoms with Gasteiger partial charge in [0, 0.05) is 75.5 Å². The Morgan fingerprint density at radius 1 is 0.431 bits per heavy atom. The molecule has 8 aromatic rings. The molecule has 368 valence electrons. The van der Waals surface area contributed by atoms with Gasteiger partial charge in [-0.3, -0.25) is 19.6 Å². The smallest absolute Gasteiger partial charge is 0.178 e.